The number of imidazole rings is 3. The monoisotopic (exact) mass is 1360 g/mol. The molecule has 0 N–H and O–H groups in total. The van der Waals surface area contributed by atoms with Gasteiger partial charge in [0.25, 0.3) is 0 Å². The van der Waals surface area contributed by atoms with Gasteiger partial charge in [-0.15, -0.1) is 106 Å². The van der Waals surface area contributed by atoms with Crippen LogP contribution in [0.4, 0.5) is 0 Å². The molecule has 3 aromatic heterocycles. The summed E-state index contributed by atoms with van der Waals surface area (Å²) in [6.07, 6.45) is 26.5. The molecule has 4 aliphatic heterocycles. The summed E-state index contributed by atoms with van der Waals surface area (Å²) in [5.74, 6) is 4.81. The first kappa shape index (κ1) is 67.0. The first-order valence-corrected chi connectivity index (χ1v) is 34.1. The van der Waals surface area contributed by atoms with Crippen molar-refractivity contribution in [3.63, 3.8) is 0 Å². The fraction of sp³-hybridized carbons (Fsp3) is 0.451. The Morgan fingerprint density at radius 2 is 0.708 bits per heavy atom. The molecule has 13 rings (SSSR count). The third kappa shape index (κ3) is 15.9. The fourth-order valence-corrected chi connectivity index (χ4v) is 13.8. The molecule has 0 amide bonds. The van der Waals surface area contributed by atoms with Gasteiger partial charge in [-0.05, 0) is 129 Å². The first-order chi connectivity index (χ1) is 42.4. The van der Waals surface area contributed by atoms with Crippen LogP contribution in [0.5, 0.6) is 0 Å². The van der Waals surface area contributed by atoms with Crippen molar-refractivity contribution < 1.29 is 20.1 Å². The van der Waals surface area contributed by atoms with Gasteiger partial charge in [0.05, 0.1) is 17.5 Å². The third-order valence-corrected chi connectivity index (χ3v) is 18.6. The number of hydrogen-bond acceptors (Lipinski definition) is 3. The molecule has 6 nitrogen and oxygen atoms in total. The van der Waals surface area contributed by atoms with Gasteiger partial charge >= 0.3 is 20.1 Å². The van der Waals surface area contributed by atoms with Crippen LogP contribution in [0.1, 0.15) is 260 Å². The largest absolute Gasteiger partial charge is 3.00 e. The maximum atomic E-state index is 5.49. The van der Waals surface area contributed by atoms with Gasteiger partial charge in [0.15, 0.2) is 0 Å². The van der Waals surface area contributed by atoms with Crippen molar-refractivity contribution in [3.8, 4) is 51.2 Å². The maximum absolute atomic E-state index is 5.49. The SMILES string of the molecule is Cc1cc(C(C)C)c(-n2cc3nc2-c2[c-]cc(cc2)CCCCCCc2cnc(n2-c2c(C(C)C)cc(C)cc2C(C)C)-c2[c-]cc(cc2)CCCCCCc2cnc(n2-c2c(C)cc(C)cc2C(C)C)-c2[c-]cc(cc2)CCCCCC3)c(C(C)C)c1.[Ir+3]. The zero-order chi connectivity index (χ0) is 62.2. The van der Waals surface area contributed by atoms with E-state index in [0.29, 0.717) is 29.6 Å². The molecular weight excluding hydrogens is 1260 g/mol. The van der Waals surface area contributed by atoms with E-state index in [0.717, 1.165) is 117 Å². The van der Waals surface area contributed by atoms with E-state index in [4.69, 9.17) is 15.0 Å². The van der Waals surface area contributed by atoms with Crippen LogP contribution in [0.2, 0.25) is 0 Å². The van der Waals surface area contributed by atoms with Gasteiger partial charge in [-0.25, -0.2) is 0 Å². The molecule has 9 aromatic rings. The van der Waals surface area contributed by atoms with E-state index < -0.39 is 0 Å². The van der Waals surface area contributed by atoms with Crippen molar-refractivity contribution in [2.24, 2.45) is 0 Å². The number of aryl methyl sites for hydroxylation is 10. The van der Waals surface area contributed by atoms with Gasteiger partial charge in [-0.1, -0.05) is 199 Å². The molecule has 0 saturated heterocycles. The molecule has 7 heterocycles. The minimum absolute atomic E-state index is 0. The van der Waals surface area contributed by atoms with E-state index in [1.165, 1.54) is 134 Å². The molecule has 0 radical (unpaired) electrons. The van der Waals surface area contributed by atoms with Gasteiger partial charge < -0.3 is 13.7 Å². The molecular formula is C82H101IrN6. The fourth-order valence-electron chi connectivity index (χ4n) is 13.8. The molecule has 12 bridgehead atoms. The average molecular weight is 1360 g/mol. The molecule has 7 heteroatoms. The maximum Gasteiger partial charge on any atom is 3.00 e. The second-order valence-corrected chi connectivity index (χ2v) is 27.7. The average Bonchev–Trinajstić information content (AvgIpc) is 1.89. The summed E-state index contributed by atoms with van der Waals surface area (Å²) in [7, 11) is 0. The molecule has 0 fully saturated rings. The smallest absolute Gasteiger partial charge is 0.339 e. The molecule has 0 atom stereocenters. The predicted molar refractivity (Wildman–Crippen MR) is 371 cm³/mol. The van der Waals surface area contributed by atoms with Crippen molar-refractivity contribution in [2.75, 3.05) is 0 Å². The Labute approximate surface area is 550 Å². The summed E-state index contributed by atoms with van der Waals surface area (Å²) in [5, 5.41) is 0. The number of fused-ring (bicyclic) bond motifs is 3. The van der Waals surface area contributed by atoms with Crippen molar-refractivity contribution >= 4 is 0 Å². The summed E-state index contributed by atoms with van der Waals surface area (Å²) in [6, 6.07) is 46.1. The van der Waals surface area contributed by atoms with Crippen LogP contribution < -0.4 is 0 Å². The van der Waals surface area contributed by atoms with Crippen LogP contribution in [-0.4, -0.2) is 28.7 Å². The van der Waals surface area contributed by atoms with E-state index in [1.807, 2.05) is 0 Å². The molecule has 0 spiro atoms. The van der Waals surface area contributed by atoms with E-state index in [-0.39, 0.29) is 20.1 Å². The topological polar surface area (TPSA) is 53.5 Å². The van der Waals surface area contributed by atoms with E-state index >= 15 is 0 Å². The van der Waals surface area contributed by atoms with Gasteiger partial charge in [0.2, 0.25) is 0 Å². The van der Waals surface area contributed by atoms with Crippen molar-refractivity contribution in [3.05, 3.63) is 212 Å². The molecule has 4 aliphatic rings. The van der Waals surface area contributed by atoms with Gasteiger partial charge in [-0.3, -0.25) is 15.0 Å². The Morgan fingerprint density at radius 3 is 1.09 bits per heavy atom. The molecule has 89 heavy (non-hydrogen) atoms. The summed E-state index contributed by atoms with van der Waals surface area (Å²) in [6.45, 7) is 32.3. The van der Waals surface area contributed by atoms with Gasteiger partial charge in [0.1, 0.15) is 0 Å². The Kier molecular flexibility index (Phi) is 23.0. The van der Waals surface area contributed by atoms with E-state index in [9.17, 15) is 0 Å². The number of aromatic nitrogens is 6. The van der Waals surface area contributed by atoms with Crippen molar-refractivity contribution in [2.45, 2.75) is 242 Å². The minimum atomic E-state index is 0. The molecule has 0 unspecified atom stereocenters. The van der Waals surface area contributed by atoms with Crippen LogP contribution in [0, 0.1) is 45.9 Å². The summed E-state index contributed by atoms with van der Waals surface area (Å²) in [4.78, 5) is 16.0. The first-order valence-electron chi connectivity index (χ1n) is 34.1. The number of rotatable bonds is 8. The molecule has 0 saturated carbocycles. The predicted octanol–water partition coefficient (Wildman–Crippen LogP) is 21.8. The Hall–Kier alpha value is -6.40. The third-order valence-electron chi connectivity index (χ3n) is 18.6. The second-order valence-electron chi connectivity index (χ2n) is 27.7. The van der Waals surface area contributed by atoms with Crippen molar-refractivity contribution in [1.82, 2.24) is 28.7 Å². The van der Waals surface area contributed by atoms with Crippen LogP contribution in [0.25, 0.3) is 51.2 Å². The van der Waals surface area contributed by atoms with Crippen LogP contribution >= 0.6 is 0 Å². The number of benzene rings is 6. The standard InChI is InChI=1S/C82H101N6.Ir/c1-54(2)72-46-59(11)45-62(14)77(72)87-70-31-25-19-16-22-28-64-35-41-67(42-36-64)81-84-52-71(88(81)79-75(57(7)8)49-61(13)50-76(79)58(9)10)32-26-20-17-23-29-65-37-43-68(44-38-65)82-85-69(53-86(82)78-73(55(3)4)47-60(12)48-74(78)56(5)6)30-24-18-15-21-27-63-33-39-66(40-34-63)80(87)83-51-70;/h33-39,41,43,45-58H,15-32H2,1-14H3;/q-3;+3. The summed E-state index contributed by atoms with van der Waals surface area (Å²) < 4.78 is 7.44. The molecule has 6 aromatic carbocycles. The van der Waals surface area contributed by atoms with Crippen molar-refractivity contribution in [1.29, 1.82) is 0 Å². The van der Waals surface area contributed by atoms with E-state index in [1.54, 1.807) is 0 Å². The minimum Gasteiger partial charge on any atom is -0.339 e. The van der Waals surface area contributed by atoms with Crippen LogP contribution in [0.15, 0.2) is 110 Å². The van der Waals surface area contributed by atoms with Crippen LogP contribution in [-0.2, 0) is 58.6 Å². The van der Waals surface area contributed by atoms with E-state index in [2.05, 4.69) is 238 Å². The van der Waals surface area contributed by atoms with Gasteiger partial charge in [-0.2, -0.15) is 0 Å². The number of nitrogens with zero attached hydrogens (tertiary/aromatic N) is 6. The molecule has 0 aliphatic carbocycles. The summed E-state index contributed by atoms with van der Waals surface area (Å²) in [5.41, 5.74) is 26.9. The zero-order valence-electron chi connectivity index (χ0n) is 56.5. The Morgan fingerprint density at radius 1 is 0.371 bits per heavy atom. The van der Waals surface area contributed by atoms with Gasteiger partial charge in [0, 0.05) is 52.7 Å². The number of hydrogen-bond donors (Lipinski definition) is 0. The quantitative estimate of drug-likeness (QED) is 0.143. The zero-order valence-corrected chi connectivity index (χ0v) is 58.9. The summed E-state index contributed by atoms with van der Waals surface area (Å²) >= 11 is 0. The Bertz CT molecular complexity index is 3710. The van der Waals surface area contributed by atoms with Crippen LogP contribution in [0.3, 0.4) is 0 Å². The molecule has 468 valence electrons. The Balaban J connectivity index is 0.00000941. The second kappa shape index (κ2) is 30.6. The normalized spacial score (nSPS) is 14.5.